The average molecular weight is 324 g/mol. The van der Waals surface area contributed by atoms with Crippen molar-refractivity contribution in [2.24, 2.45) is 16.6 Å². The Hall–Kier alpha value is -1.24. The molecule has 22 heavy (non-hydrogen) atoms. The molecule has 1 aromatic carbocycles. The number of carbonyl (C=O) groups excluding carboxylic acids is 1. The number of aryl methyl sites for hydroxylation is 1. The highest BCUT2D eigenvalue weighted by Gasteiger charge is 2.50. The van der Waals surface area contributed by atoms with Gasteiger partial charge in [0.1, 0.15) is 5.78 Å². The minimum atomic E-state index is -3.63. The van der Waals surface area contributed by atoms with E-state index < -0.39 is 20.9 Å². The van der Waals surface area contributed by atoms with Gasteiger partial charge in [-0.1, -0.05) is 38.5 Å². The van der Waals surface area contributed by atoms with Crippen LogP contribution < -0.4 is 5.73 Å². The summed E-state index contributed by atoms with van der Waals surface area (Å²) >= 11 is 0. The molecule has 1 saturated heterocycles. The molecule has 1 aromatic rings. The molecule has 2 N–H and O–H groups in total. The van der Waals surface area contributed by atoms with Crippen LogP contribution in [0.5, 0.6) is 0 Å². The first-order valence-electron chi connectivity index (χ1n) is 7.35. The fourth-order valence-electron chi connectivity index (χ4n) is 3.03. The Balaban J connectivity index is 2.43. The lowest BCUT2D eigenvalue weighted by atomic mass is 9.69. The number of nitrogens with zero attached hydrogens (tertiary/aromatic N) is 1. The van der Waals surface area contributed by atoms with Gasteiger partial charge in [-0.05, 0) is 19.1 Å². The Morgan fingerprint density at radius 2 is 1.68 bits per heavy atom. The summed E-state index contributed by atoms with van der Waals surface area (Å²) in [5.74, 6) is 0.0258. The van der Waals surface area contributed by atoms with E-state index in [0.717, 1.165) is 5.56 Å². The molecule has 0 spiro atoms. The van der Waals surface area contributed by atoms with Gasteiger partial charge in [0.15, 0.2) is 0 Å². The highest BCUT2D eigenvalue weighted by atomic mass is 32.2. The maximum absolute atomic E-state index is 12.9. The van der Waals surface area contributed by atoms with E-state index >= 15 is 0 Å². The van der Waals surface area contributed by atoms with Crippen molar-refractivity contribution in [2.75, 3.05) is 19.6 Å². The lowest BCUT2D eigenvalue weighted by Crippen LogP contribution is -2.60. The van der Waals surface area contributed by atoms with Crippen LogP contribution in [0.1, 0.15) is 26.3 Å². The van der Waals surface area contributed by atoms with Crippen LogP contribution in [-0.4, -0.2) is 38.1 Å². The normalized spacial score (nSPS) is 26.1. The molecule has 0 saturated carbocycles. The van der Waals surface area contributed by atoms with E-state index in [2.05, 4.69) is 0 Å². The highest BCUT2D eigenvalue weighted by molar-refractivity contribution is 7.89. The second kappa shape index (κ2) is 5.44. The minimum absolute atomic E-state index is 0.0258. The van der Waals surface area contributed by atoms with E-state index in [0.29, 0.717) is 0 Å². The van der Waals surface area contributed by atoms with Crippen LogP contribution in [0.4, 0.5) is 0 Å². The van der Waals surface area contributed by atoms with Crippen LogP contribution in [0.15, 0.2) is 29.2 Å². The zero-order valence-electron chi connectivity index (χ0n) is 13.6. The maximum Gasteiger partial charge on any atom is 0.243 e. The zero-order chi connectivity index (χ0) is 16.8. The number of hydrogen-bond acceptors (Lipinski definition) is 4. The summed E-state index contributed by atoms with van der Waals surface area (Å²) in [7, 11) is -3.63. The summed E-state index contributed by atoms with van der Waals surface area (Å²) in [5.41, 5.74) is 5.18. The SMILES string of the molecule is Cc1ccc(S(=O)(=O)N2CC(C)(C)C(=O)C(C)(CN)C2)cc1. The Labute approximate surface area is 132 Å². The maximum atomic E-state index is 12.9. The van der Waals surface area contributed by atoms with Crippen molar-refractivity contribution < 1.29 is 13.2 Å². The van der Waals surface area contributed by atoms with Crippen LogP contribution in [-0.2, 0) is 14.8 Å². The molecule has 0 bridgehead atoms. The van der Waals surface area contributed by atoms with Crippen molar-refractivity contribution in [2.45, 2.75) is 32.6 Å². The average Bonchev–Trinajstić information content (AvgIpc) is 2.44. The van der Waals surface area contributed by atoms with Crippen molar-refractivity contribution in [3.63, 3.8) is 0 Å². The van der Waals surface area contributed by atoms with E-state index in [9.17, 15) is 13.2 Å². The quantitative estimate of drug-likeness (QED) is 0.915. The van der Waals surface area contributed by atoms with Crippen molar-refractivity contribution in [3.05, 3.63) is 29.8 Å². The summed E-state index contributed by atoms with van der Waals surface area (Å²) in [4.78, 5) is 12.8. The molecule has 1 heterocycles. The van der Waals surface area contributed by atoms with Gasteiger partial charge in [0.25, 0.3) is 0 Å². The minimum Gasteiger partial charge on any atom is -0.329 e. The smallest absolute Gasteiger partial charge is 0.243 e. The van der Waals surface area contributed by atoms with Gasteiger partial charge in [0, 0.05) is 25.0 Å². The molecule has 1 unspecified atom stereocenters. The standard InChI is InChI=1S/C16H24N2O3S/c1-12-5-7-13(8-6-12)22(20,21)18-10-15(2,3)14(19)16(4,9-17)11-18/h5-8H,9-11,17H2,1-4H3. The number of hydrogen-bond donors (Lipinski definition) is 1. The lowest BCUT2D eigenvalue weighted by molar-refractivity contribution is -0.141. The summed E-state index contributed by atoms with van der Waals surface area (Å²) in [6.07, 6.45) is 0. The largest absolute Gasteiger partial charge is 0.329 e. The Bertz CT molecular complexity index is 680. The predicted molar refractivity (Wildman–Crippen MR) is 85.9 cm³/mol. The van der Waals surface area contributed by atoms with Crippen molar-refractivity contribution in [1.82, 2.24) is 4.31 Å². The van der Waals surface area contributed by atoms with Crippen LogP contribution in [0.2, 0.25) is 0 Å². The van der Waals surface area contributed by atoms with Crippen LogP contribution in [0.25, 0.3) is 0 Å². The van der Waals surface area contributed by atoms with E-state index in [1.807, 2.05) is 6.92 Å². The van der Waals surface area contributed by atoms with Crippen molar-refractivity contribution >= 4 is 15.8 Å². The molecule has 1 aliphatic heterocycles. The fourth-order valence-corrected chi connectivity index (χ4v) is 4.76. The number of ketones is 1. The molecule has 1 atom stereocenters. The monoisotopic (exact) mass is 324 g/mol. The van der Waals surface area contributed by atoms with Gasteiger partial charge < -0.3 is 5.73 Å². The third kappa shape index (κ3) is 2.83. The third-order valence-electron chi connectivity index (χ3n) is 4.37. The first-order valence-corrected chi connectivity index (χ1v) is 8.79. The molecule has 122 valence electrons. The van der Waals surface area contributed by atoms with Crippen molar-refractivity contribution in [1.29, 1.82) is 0 Å². The Morgan fingerprint density at radius 1 is 1.14 bits per heavy atom. The molecule has 0 aliphatic carbocycles. The molecule has 0 amide bonds. The van der Waals surface area contributed by atoms with Gasteiger partial charge >= 0.3 is 0 Å². The van der Waals surface area contributed by atoms with Gasteiger partial charge in [-0.15, -0.1) is 0 Å². The summed E-state index contributed by atoms with van der Waals surface area (Å²) in [6.45, 7) is 7.65. The van der Waals surface area contributed by atoms with E-state index in [1.54, 1.807) is 45.0 Å². The topological polar surface area (TPSA) is 80.5 Å². The van der Waals surface area contributed by atoms with Gasteiger partial charge in [-0.25, -0.2) is 8.42 Å². The van der Waals surface area contributed by atoms with E-state index in [1.165, 1.54) is 4.31 Å². The summed E-state index contributed by atoms with van der Waals surface area (Å²) < 4.78 is 27.1. The van der Waals surface area contributed by atoms with E-state index in [4.69, 9.17) is 5.73 Å². The number of carbonyl (C=O) groups is 1. The number of benzene rings is 1. The van der Waals surface area contributed by atoms with Crippen molar-refractivity contribution in [3.8, 4) is 0 Å². The number of piperidine rings is 1. The first kappa shape index (κ1) is 17.1. The number of sulfonamides is 1. The predicted octanol–water partition coefficient (Wildman–Crippen LogP) is 1.56. The van der Waals surface area contributed by atoms with Crippen LogP contribution in [0, 0.1) is 17.8 Å². The number of Topliss-reactive ketones (excluding diaryl/α,β-unsaturated/α-hetero) is 1. The van der Waals surface area contributed by atoms with Gasteiger partial charge in [0.2, 0.25) is 10.0 Å². The number of rotatable bonds is 3. The Morgan fingerprint density at radius 3 is 2.18 bits per heavy atom. The molecule has 2 rings (SSSR count). The zero-order valence-corrected chi connectivity index (χ0v) is 14.4. The first-order chi connectivity index (χ1) is 10.0. The lowest BCUT2D eigenvalue weighted by Gasteiger charge is -2.45. The van der Waals surface area contributed by atoms with Gasteiger partial charge in [-0.3, -0.25) is 4.79 Å². The van der Waals surface area contributed by atoms with Crippen LogP contribution in [0.3, 0.4) is 0 Å². The molecule has 6 heteroatoms. The molecule has 1 fully saturated rings. The second-order valence-corrected chi connectivity index (χ2v) is 9.00. The number of nitrogens with two attached hydrogens (primary N) is 1. The molecule has 1 aliphatic rings. The van der Waals surface area contributed by atoms with E-state index in [-0.39, 0.29) is 30.3 Å². The summed E-state index contributed by atoms with van der Waals surface area (Å²) in [5, 5.41) is 0. The Kier molecular flexibility index (Phi) is 4.23. The highest BCUT2D eigenvalue weighted by Crippen LogP contribution is 2.38. The fraction of sp³-hybridized carbons (Fsp3) is 0.562. The molecule has 0 aromatic heterocycles. The van der Waals surface area contributed by atoms with Gasteiger partial charge in [-0.2, -0.15) is 4.31 Å². The van der Waals surface area contributed by atoms with Gasteiger partial charge in [0.05, 0.1) is 10.3 Å². The van der Waals surface area contributed by atoms with Crippen LogP contribution >= 0.6 is 0 Å². The molecular formula is C16H24N2O3S. The summed E-state index contributed by atoms with van der Waals surface area (Å²) in [6, 6.07) is 6.76. The second-order valence-electron chi connectivity index (χ2n) is 7.06. The molecular weight excluding hydrogens is 300 g/mol. The third-order valence-corrected chi connectivity index (χ3v) is 6.18. The molecule has 0 radical (unpaired) electrons. The molecule has 5 nitrogen and oxygen atoms in total.